The van der Waals surface area contributed by atoms with E-state index in [4.69, 9.17) is 4.74 Å². The standard InChI is InChI=1S/C16H30N2O/c1-19-16-4-2-3-15(11-16)18-9-7-14(8-10-18)17-12-13-5-6-13/h13-17H,2-12H2,1H3. The highest BCUT2D eigenvalue weighted by molar-refractivity contribution is 4.86. The lowest BCUT2D eigenvalue weighted by atomic mass is 9.90. The Balaban J connectivity index is 1.38. The van der Waals surface area contributed by atoms with Gasteiger partial charge >= 0.3 is 0 Å². The minimum atomic E-state index is 0.518. The molecule has 0 amide bonds. The van der Waals surface area contributed by atoms with E-state index in [0.717, 1.165) is 18.0 Å². The van der Waals surface area contributed by atoms with Gasteiger partial charge in [-0.2, -0.15) is 0 Å². The number of nitrogens with one attached hydrogen (secondary N) is 1. The number of hydrogen-bond donors (Lipinski definition) is 1. The minimum absolute atomic E-state index is 0.518. The zero-order valence-corrected chi connectivity index (χ0v) is 12.4. The summed E-state index contributed by atoms with van der Waals surface area (Å²) >= 11 is 0. The number of likely N-dealkylation sites (tertiary alicyclic amines) is 1. The lowest BCUT2D eigenvalue weighted by Crippen LogP contribution is -2.48. The summed E-state index contributed by atoms with van der Waals surface area (Å²) in [7, 11) is 1.88. The fraction of sp³-hybridized carbons (Fsp3) is 1.00. The van der Waals surface area contributed by atoms with E-state index < -0.39 is 0 Å². The molecule has 0 aromatic rings. The zero-order valence-electron chi connectivity index (χ0n) is 12.4. The monoisotopic (exact) mass is 266 g/mol. The van der Waals surface area contributed by atoms with Gasteiger partial charge in [0.05, 0.1) is 6.10 Å². The van der Waals surface area contributed by atoms with Gasteiger partial charge in [0.1, 0.15) is 0 Å². The highest BCUT2D eigenvalue weighted by Crippen LogP contribution is 2.29. The molecule has 0 aromatic carbocycles. The van der Waals surface area contributed by atoms with Crippen LogP contribution in [0, 0.1) is 5.92 Å². The summed E-state index contributed by atoms with van der Waals surface area (Å²) in [5, 5.41) is 3.78. The van der Waals surface area contributed by atoms with Crippen molar-refractivity contribution in [2.75, 3.05) is 26.7 Å². The fourth-order valence-electron chi connectivity index (χ4n) is 3.79. The van der Waals surface area contributed by atoms with Crippen LogP contribution >= 0.6 is 0 Å². The van der Waals surface area contributed by atoms with E-state index >= 15 is 0 Å². The molecule has 1 aliphatic heterocycles. The van der Waals surface area contributed by atoms with Crippen molar-refractivity contribution in [3.05, 3.63) is 0 Å². The van der Waals surface area contributed by atoms with Gasteiger partial charge in [-0.25, -0.2) is 0 Å². The van der Waals surface area contributed by atoms with Crippen LogP contribution in [0.1, 0.15) is 51.4 Å². The van der Waals surface area contributed by atoms with Crippen molar-refractivity contribution in [2.24, 2.45) is 5.92 Å². The molecule has 0 radical (unpaired) electrons. The summed E-state index contributed by atoms with van der Waals surface area (Å²) in [6.45, 7) is 3.87. The Morgan fingerprint density at radius 2 is 1.84 bits per heavy atom. The summed E-state index contributed by atoms with van der Waals surface area (Å²) in [5.74, 6) is 1.01. The van der Waals surface area contributed by atoms with E-state index in [2.05, 4.69) is 10.2 Å². The molecule has 3 fully saturated rings. The van der Waals surface area contributed by atoms with Gasteiger partial charge in [0.2, 0.25) is 0 Å². The number of methoxy groups -OCH3 is 1. The molecule has 1 heterocycles. The van der Waals surface area contributed by atoms with Crippen LogP contribution in [0.5, 0.6) is 0 Å². The second kappa shape index (κ2) is 6.55. The first-order valence-electron chi connectivity index (χ1n) is 8.35. The predicted octanol–water partition coefficient (Wildman–Crippen LogP) is 2.41. The molecule has 2 unspecified atom stereocenters. The van der Waals surface area contributed by atoms with Crippen LogP contribution < -0.4 is 5.32 Å². The van der Waals surface area contributed by atoms with Crippen LogP contribution in [-0.2, 0) is 4.74 Å². The highest BCUT2D eigenvalue weighted by Gasteiger charge is 2.30. The fourth-order valence-corrected chi connectivity index (χ4v) is 3.79. The molecule has 2 aliphatic carbocycles. The van der Waals surface area contributed by atoms with E-state index in [1.165, 1.54) is 71.0 Å². The largest absolute Gasteiger partial charge is 0.381 e. The molecule has 3 nitrogen and oxygen atoms in total. The molecule has 3 rings (SSSR count). The molecule has 2 saturated carbocycles. The number of ether oxygens (including phenoxy) is 1. The SMILES string of the molecule is COC1CCCC(N2CCC(NCC3CC3)CC2)C1. The summed E-state index contributed by atoms with van der Waals surface area (Å²) in [5.41, 5.74) is 0. The Morgan fingerprint density at radius 3 is 2.53 bits per heavy atom. The Hall–Kier alpha value is -0.120. The van der Waals surface area contributed by atoms with E-state index in [1.807, 2.05) is 7.11 Å². The summed E-state index contributed by atoms with van der Waals surface area (Å²) in [6, 6.07) is 1.58. The van der Waals surface area contributed by atoms with Crippen molar-refractivity contribution >= 4 is 0 Å². The van der Waals surface area contributed by atoms with Gasteiger partial charge in [-0.15, -0.1) is 0 Å². The average molecular weight is 266 g/mol. The van der Waals surface area contributed by atoms with E-state index in [9.17, 15) is 0 Å². The Labute approximate surface area is 118 Å². The molecule has 2 atom stereocenters. The zero-order chi connectivity index (χ0) is 13.1. The van der Waals surface area contributed by atoms with E-state index in [-0.39, 0.29) is 0 Å². The number of rotatable bonds is 5. The first kappa shape index (κ1) is 13.8. The van der Waals surface area contributed by atoms with E-state index in [1.54, 1.807) is 0 Å². The number of hydrogen-bond acceptors (Lipinski definition) is 3. The van der Waals surface area contributed by atoms with Gasteiger partial charge in [-0.1, -0.05) is 0 Å². The first-order valence-corrected chi connectivity index (χ1v) is 8.35. The van der Waals surface area contributed by atoms with Gasteiger partial charge in [0.25, 0.3) is 0 Å². The first-order chi connectivity index (χ1) is 9.35. The molecule has 1 saturated heterocycles. The lowest BCUT2D eigenvalue weighted by molar-refractivity contribution is 0.0199. The molecule has 1 N–H and O–H groups in total. The molecule has 0 aromatic heterocycles. The normalized spacial score (nSPS) is 34.6. The second-order valence-electron chi connectivity index (χ2n) is 6.84. The summed E-state index contributed by atoms with van der Waals surface area (Å²) < 4.78 is 5.57. The molecule has 110 valence electrons. The maximum absolute atomic E-state index is 5.57. The average Bonchev–Trinajstić information content (AvgIpc) is 3.30. The van der Waals surface area contributed by atoms with Gasteiger partial charge in [-0.05, 0) is 76.9 Å². The minimum Gasteiger partial charge on any atom is -0.381 e. The molecule has 0 bridgehead atoms. The van der Waals surface area contributed by atoms with Gasteiger partial charge in [-0.3, -0.25) is 0 Å². The third kappa shape index (κ3) is 3.93. The second-order valence-corrected chi connectivity index (χ2v) is 6.84. The van der Waals surface area contributed by atoms with Crippen molar-refractivity contribution in [2.45, 2.75) is 69.6 Å². The van der Waals surface area contributed by atoms with Crippen LogP contribution in [0.4, 0.5) is 0 Å². The van der Waals surface area contributed by atoms with Crippen LogP contribution in [0.25, 0.3) is 0 Å². The lowest BCUT2D eigenvalue weighted by Gasteiger charge is -2.41. The molecular formula is C16H30N2O. The maximum atomic E-state index is 5.57. The topological polar surface area (TPSA) is 24.5 Å². The molecule has 0 spiro atoms. The number of nitrogens with zero attached hydrogens (tertiary/aromatic N) is 1. The third-order valence-corrected chi connectivity index (χ3v) is 5.37. The summed E-state index contributed by atoms with van der Waals surface area (Å²) in [6.07, 6.45) is 11.4. The summed E-state index contributed by atoms with van der Waals surface area (Å²) in [4.78, 5) is 2.74. The van der Waals surface area contributed by atoms with Crippen molar-refractivity contribution in [1.29, 1.82) is 0 Å². The van der Waals surface area contributed by atoms with Gasteiger partial charge in [0, 0.05) is 19.2 Å². The highest BCUT2D eigenvalue weighted by atomic mass is 16.5. The maximum Gasteiger partial charge on any atom is 0.0586 e. The molecular weight excluding hydrogens is 236 g/mol. The Kier molecular flexibility index (Phi) is 4.78. The number of piperidine rings is 1. The third-order valence-electron chi connectivity index (χ3n) is 5.37. The van der Waals surface area contributed by atoms with Crippen LogP contribution in [0.15, 0.2) is 0 Å². The quantitative estimate of drug-likeness (QED) is 0.827. The van der Waals surface area contributed by atoms with Gasteiger partial charge < -0.3 is 15.0 Å². The van der Waals surface area contributed by atoms with Crippen LogP contribution in [0.3, 0.4) is 0 Å². The van der Waals surface area contributed by atoms with Crippen LogP contribution in [0.2, 0.25) is 0 Å². The molecule has 3 heteroatoms. The van der Waals surface area contributed by atoms with Gasteiger partial charge in [0.15, 0.2) is 0 Å². The Morgan fingerprint density at radius 1 is 1.05 bits per heavy atom. The van der Waals surface area contributed by atoms with Crippen molar-refractivity contribution in [1.82, 2.24) is 10.2 Å². The predicted molar refractivity (Wildman–Crippen MR) is 78.4 cm³/mol. The molecule has 3 aliphatic rings. The van der Waals surface area contributed by atoms with Crippen molar-refractivity contribution < 1.29 is 4.74 Å². The molecule has 19 heavy (non-hydrogen) atoms. The van der Waals surface area contributed by atoms with Crippen LogP contribution in [-0.4, -0.2) is 49.8 Å². The Bertz CT molecular complexity index is 272. The van der Waals surface area contributed by atoms with E-state index in [0.29, 0.717) is 6.10 Å². The van der Waals surface area contributed by atoms with Crippen molar-refractivity contribution in [3.63, 3.8) is 0 Å². The smallest absolute Gasteiger partial charge is 0.0586 e. The van der Waals surface area contributed by atoms with Crippen molar-refractivity contribution in [3.8, 4) is 0 Å².